The molecule has 0 fully saturated rings. The van der Waals surface area contributed by atoms with Gasteiger partial charge >= 0.3 is 0 Å². The van der Waals surface area contributed by atoms with Crippen molar-refractivity contribution in [3.8, 4) is 0 Å². The van der Waals surface area contributed by atoms with Crippen LogP contribution in [0.15, 0.2) is 29.2 Å². The van der Waals surface area contributed by atoms with Gasteiger partial charge in [-0.2, -0.15) is 0 Å². The van der Waals surface area contributed by atoms with E-state index in [0.717, 1.165) is 12.1 Å². The van der Waals surface area contributed by atoms with Gasteiger partial charge in [0.15, 0.2) is 0 Å². The van der Waals surface area contributed by atoms with Crippen LogP contribution in [-0.4, -0.2) is 21.0 Å². The highest BCUT2D eigenvalue weighted by atomic mass is 32.2. The summed E-state index contributed by atoms with van der Waals surface area (Å²) in [5.74, 6) is 0. The van der Waals surface area contributed by atoms with Crippen molar-refractivity contribution >= 4 is 10.0 Å². The van der Waals surface area contributed by atoms with Gasteiger partial charge in [0, 0.05) is 12.1 Å². The maximum Gasteiger partial charge on any atom is 0.241 e. The lowest BCUT2D eigenvalue weighted by atomic mass is 10.1. The highest BCUT2D eigenvalue weighted by Gasteiger charge is 2.21. The number of nitrogens with one attached hydrogen (secondary N) is 2. The number of benzene rings is 1. The molecule has 96 valence electrons. The van der Waals surface area contributed by atoms with Crippen LogP contribution in [0.4, 0.5) is 0 Å². The predicted molar refractivity (Wildman–Crippen MR) is 69.3 cm³/mol. The molecule has 0 saturated carbocycles. The fraction of sp³-hybridized carbons (Fsp3) is 0.500. The molecule has 0 radical (unpaired) electrons. The van der Waals surface area contributed by atoms with Crippen LogP contribution in [-0.2, 0) is 16.6 Å². The molecule has 0 unspecified atom stereocenters. The van der Waals surface area contributed by atoms with E-state index in [2.05, 4.69) is 10.0 Å². The second-order valence-corrected chi connectivity index (χ2v) is 6.71. The standard InChI is InChI=1S/C12H20N2O2S/c1-12(2,3)14-17(15,16)11-7-5-10(6-8-11)9-13-4/h5-8,13-14H,9H2,1-4H3. The van der Waals surface area contributed by atoms with E-state index in [1.807, 2.05) is 40.0 Å². The van der Waals surface area contributed by atoms with Crippen molar-refractivity contribution in [2.75, 3.05) is 7.05 Å². The molecule has 1 aromatic rings. The van der Waals surface area contributed by atoms with Gasteiger partial charge in [-0.3, -0.25) is 0 Å². The summed E-state index contributed by atoms with van der Waals surface area (Å²) in [5, 5.41) is 3.02. The lowest BCUT2D eigenvalue weighted by molar-refractivity contribution is 0.491. The summed E-state index contributed by atoms with van der Waals surface area (Å²) in [6.45, 7) is 6.19. The van der Waals surface area contributed by atoms with Crippen molar-refractivity contribution < 1.29 is 8.42 Å². The summed E-state index contributed by atoms with van der Waals surface area (Å²) in [5.41, 5.74) is 0.588. The van der Waals surface area contributed by atoms with Crippen LogP contribution in [0.3, 0.4) is 0 Å². The Morgan fingerprint density at radius 3 is 2.06 bits per heavy atom. The Kier molecular flexibility index (Phi) is 4.30. The second kappa shape index (κ2) is 5.16. The van der Waals surface area contributed by atoms with Gasteiger partial charge in [-0.1, -0.05) is 12.1 Å². The summed E-state index contributed by atoms with van der Waals surface area (Å²) in [6, 6.07) is 6.88. The molecule has 1 aromatic carbocycles. The molecule has 0 spiro atoms. The first-order valence-corrected chi connectivity index (χ1v) is 7.00. The van der Waals surface area contributed by atoms with Crippen molar-refractivity contribution in [2.24, 2.45) is 0 Å². The van der Waals surface area contributed by atoms with Gasteiger partial charge in [-0.15, -0.1) is 0 Å². The minimum absolute atomic E-state index is 0.298. The maximum absolute atomic E-state index is 12.0. The minimum Gasteiger partial charge on any atom is -0.316 e. The van der Waals surface area contributed by atoms with E-state index in [0.29, 0.717) is 4.90 Å². The van der Waals surface area contributed by atoms with E-state index in [1.165, 1.54) is 0 Å². The Balaban J connectivity index is 2.93. The monoisotopic (exact) mass is 256 g/mol. The molecule has 0 aromatic heterocycles. The molecule has 0 aliphatic rings. The quantitative estimate of drug-likeness (QED) is 0.858. The molecule has 17 heavy (non-hydrogen) atoms. The van der Waals surface area contributed by atoms with Crippen LogP contribution in [0.2, 0.25) is 0 Å². The van der Waals surface area contributed by atoms with Gasteiger partial charge in [0.25, 0.3) is 0 Å². The first-order valence-electron chi connectivity index (χ1n) is 5.52. The van der Waals surface area contributed by atoms with Gasteiger partial charge in [-0.05, 0) is 45.5 Å². The smallest absolute Gasteiger partial charge is 0.241 e. The third-order valence-corrected chi connectivity index (χ3v) is 3.83. The van der Waals surface area contributed by atoms with E-state index < -0.39 is 15.6 Å². The topological polar surface area (TPSA) is 58.2 Å². The van der Waals surface area contributed by atoms with Gasteiger partial charge in [0.05, 0.1) is 4.90 Å². The van der Waals surface area contributed by atoms with Crippen molar-refractivity contribution in [2.45, 2.75) is 37.8 Å². The first kappa shape index (κ1) is 14.2. The average molecular weight is 256 g/mol. The van der Waals surface area contributed by atoms with Gasteiger partial charge < -0.3 is 5.32 Å². The van der Waals surface area contributed by atoms with E-state index in [9.17, 15) is 8.42 Å². The molecular weight excluding hydrogens is 236 g/mol. The zero-order valence-electron chi connectivity index (χ0n) is 10.7. The summed E-state index contributed by atoms with van der Waals surface area (Å²) in [7, 11) is -1.57. The van der Waals surface area contributed by atoms with Gasteiger partial charge in [0.1, 0.15) is 0 Å². The van der Waals surface area contributed by atoms with Crippen LogP contribution in [0.5, 0.6) is 0 Å². The Morgan fingerprint density at radius 1 is 1.12 bits per heavy atom. The lowest BCUT2D eigenvalue weighted by Gasteiger charge is -2.20. The summed E-state index contributed by atoms with van der Waals surface area (Å²) < 4.78 is 26.6. The highest BCUT2D eigenvalue weighted by molar-refractivity contribution is 7.89. The number of hydrogen-bond donors (Lipinski definition) is 2. The highest BCUT2D eigenvalue weighted by Crippen LogP contribution is 2.13. The summed E-state index contributed by atoms with van der Waals surface area (Å²) in [4.78, 5) is 0.298. The fourth-order valence-corrected chi connectivity index (χ4v) is 2.87. The molecule has 0 atom stereocenters. The van der Waals surface area contributed by atoms with Crippen LogP contribution in [0, 0.1) is 0 Å². The van der Waals surface area contributed by atoms with Crippen LogP contribution >= 0.6 is 0 Å². The van der Waals surface area contributed by atoms with Crippen LogP contribution in [0.1, 0.15) is 26.3 Å². The third-order valence-electron chi connectivity index (χ3n) is 2.06. The molecule has 0 heterocycles. The normalized spacial score (nSPS) is 12.7. The molecular formula is C12H20N2O2S. The summed E-state index contributed by atoms with van der Waals surface area (Å²) >= 11 is 0. The fourth-order valence-electron chi connectivity index (χ4n) is 1.45. The average Bonchev–Trinajstić information content (AvgIpc) is 2.15. The van der Waals surface area contributed by atoms with Crippen LogP contribution in [0.25, 0.3) is 0 Å². The Hall–Kier alpha value is -0.910. The van der Waals surface area contributed by atoms with Crippen molar-refractivity contribution in [3.05, 3.63) is 29.8 Å². The van der Waals surface area contributed by atoms with E-state index in [4.69, 9.17) is 0 Å². The molecule has 2 N–H and O–H groups in total. The summed E-state index contributed by atoms with van der Waals surface area (Å²) in [6.07, 6.45) is 0. The second-order valence-electron chi connectivity index (χ2n) is 5.03. The first-order chi connectivity index (χ1) is 7.74. The van der Waals surface area contributed by atoms with Crippen molar-refractivity contribution in [1.29, 1.82) is 0 Å². The predicted octanol–water partition coefficient (Wildman–Crippen LogP) is 1.48. The molecule has 0 saturated heterocycles. The largest absolute Gasteiger partial charge is 0.316 e. The van der Waals surface area contributed by atoms with Gasteiger partial charge in [-0.25, -0.2) is 13.1 Å². The zero-order chi connectivity index (χ0) is 13.1. The molecule has 0 aliphatic heterocycles. The molecule has 0 aliphatic carbocycles. The third kappa shape index (κ3) is 4.46. The maximum atomic E-state index is 12.0. The van der Waals surface area contributed by atoms with Crippen molar-refractivity contribution in [3.63, 3.8) is 0 Å². The number of hydrogen-bond acceptors (Lipinski definition) is 3. The van der Waals surface area contributed by atoms with Crippen LogP contribution < -0.4 is 10.0 Å². The van der Waals surface area contributed by atoms with E-state index in [1.54, 1.807) is 12.1 Å². The Bertz CT molecular complexity index is 458. The number of rotatable bonds is 4. The number of sulfonamides is 1. The van der Waals surface area contributed by atoms with E-state index >= 15 is 0 Å². The molecule has 1 rings (SSSR count). The molecule has 0 bridgehead atoms. The van der Waals surface area contributed by atoms with Crippen molar-refractivity contribution in [1.82, 2.24) is 10.0 Å². The Morgan fingerprint density at radius 2 is 1.65 bits per heavy atom. The Labute approximate surface area is 103 Å². The van der Waals surface area contributed by atoms with Gasteiger partial charge in [0.2, 0.25) is 10.0 Å². The lowest BCUT2D eigenvalue weighted by Crippen LogP contribution is -2.40. The zero-order valence-corrected chi connectivity index (χ0v) is 11.6. The molecule has 5 heteroatoms. The SMILES string of the molecule is CNCc1ccc(S(=O)(=O)NC(C)(C)C)cc1. The molecule has 0 amide bonds. The minimum atomic E-state index is -3.42. The molecule has 4 nitrogen and oxygen atoms in total. The van der Waals surface area contributed by atoms with E-state index in [-0.39, 0.29) is 0 Å².